The molecule has 0 unspecified atom stereocenters. The van der Waals surface area contributed by atoms with Gasteiger partial charge in [0.25, 0.3) is 0 Å². The van der Waals surface area contributed by atoms with E-state index in [1.165, 1.54) is 6.08 Å². The van der Waals surface area contributed by atoms with E-state index in [1.807, 2.05) is 0 Å². The summed E-state index contributed by atoms with van der Waals surface area (Å²) < 4.78 is 79.3. The molecule has 1 aromatic carbocycles. The second-order valence-corrected chi connectivity index (χ2v) is 7.92. The minimum absolute atomic E-state index is 0.0617. The van der Waals surface area contributed by atoms with Crippen LogP contribution in [-0.4, -0.2) is 59.1 Å². The maximum atomic E-state index is 13.4. The number of halogens is 7. The molecule has 0 amide bonds. The number of benzene rings is 1. The predicted molar refractivity (Wildman–Crippen MR) is 106 cm³/mol. The summed E-state index contributed by atoms with van der Waals surface area (Å²) in [5.41, 5.74) is -1.27. The van der Waals surface area contributed by atoms with E-state index >= 15 is 0 Å². The first-order chi connectivity index (χ1) is 14.4. The Bertz CT molecular complexity index is 1050. The number of H-pyrrole nitrogens is 1. The molecule has 1 saturated heterocycles. The summed E-state index contributed by atoms with van der Waals surface area (Å²) in [7, 11) is 0. The number of hydrogen-bond acceptors (Lipinski definition) is 4. The van der Waals surface area contributed by atoms with Gasteiger partial charge in [-0.2, -0.15) is 26.3 Å². The fraction of sp³-hybridized carbons (Fsp3) is 0.474. The van der Waals surface area contributed by atoms with Gasteiger partial charge in [-0.25, -0.2) is 4.98 Å². The maximum absolute atomic E-state index is 13.4. The summed E-state index contributed by atoms with van der Waals surface area (Å²) in [4.78, 5) is 14.7. The molecule has 1 aromatic heterocycles. The van der Waals surface area contributed by atoms with Gasteiger partial charge in [-0.15, -0.1) is 0 Å². The van der Waals surface area contributed by atoms with Gasteiger partial charge in [0.1, 0.15) is 11.4 Å². The average Bonchev–Trinajstić information content (AvgIpc) is 3.11. The lowest BCUT2D eigenvalue weighted by atomic mass is 10.1. The fourth-order valence-electron chi connectivity index (χ4n) is 3.88. The summed E-state index contributed by atoms with van der Waals surface area (Å²) >= 11 is 5.99. The monoisotopic (exact) mass is 465 g/mol. The van der Waals surface area contributed by atoms with Crippen LogP contribution in [0.3, 0.4) is 0 Å². The quantitative estimate of drug-likeness (QED) is 0.600. The van der Waals surface area contributed by atoms with E-state index in [2.05, 4.69) is 15.0 Å². The molecule has 2 aromatic rings. The van der Waals surface area contributed by atoms with Crippen LogP contribution in [0.4, 0.5) is 32.3 Å². The number of nitrogens with zero attached hydrogens (tertiary/aromatic N) is 4. The summed E-state index contributed by atoms with van der Waals surface area (Å²) in [5.74, 6) is 0.258. The molecule has 0 saturated carbocycles. The normalized spacial score (nSPS) is 20.8. The highest BCUT2D eigenvalue weighted by atomic mass is 35.5. The molecule has 0 spiro atoms. The Morgan fingerprint density at radius 1 is 1.10 bits per heavy atom. The molecule has 4 rings (SSSR count). The van der Waals surface area contributed by atoms with Gasteiger partial charge in [-0.1, -0.05) is 17.7 Å². The summed E-state index contributed by atoms with van der Waals surface area (Å²) in [6, 6.07) is 1.43. The van der Waals surface area contributed by atoms with Crippen LogP contribution in [0.15, 0.2) is 28.8 Å². The van der Waals surface area contributed by atoms with Crippen molar-refractivity contribution in [3.05, 3.63) is 34.4 Å². The third-order valence-electron chi connectivity index (χ3n) is 5.34. The summed E-state index contributed by atoms with van der Waals surface area (Å²) in [6.07, 6.45) is -7.62. The second-order valence-electron chi connectivity index (χ2n) is 7.51. The Kier molecular flexibility index (Phi) is 5.35. The zero-order valence-corrected chi connectivity index (χ0v) is 17.0. The van der Waals surface area contributed by atoms with Gasteiger partial charge in [0.2, 0.25) is 5.95 Å². The van der Waals surface area contributed by atoms with Crippen LogP contribution in [0.5, 0.6) is 0 Å². The fourth-order valence-corrected chi connectivity index (χ4v) is 4.15. The number of hydrogen-bond donors (Lipinski definition) is 1. The highest BCUT2D eigenvalue weighted by molar-refractivity contribution is 6.35. The van der Waals surface area contributed by atoms with Gasteiger partial charge in [0.05, 0.1) is 21.7 Å². The predicted octanol–water partition coefficient (Wildman–Crippen LogP) is 5.04. The SMILES string of the molecule is C[C@@H]1CN(c2nc3c(Cl)cc(C(F)(F)F)cc3[nH]2)CCN1C1=NCCC=C1C(F)(F)F. The van der Waals surface area contributed by atoms with Gasteiger partial charge >= 0.3 is 12.4 Å². The van der Waals surface area contributed by atoms with Crippen LogP contribution < -0.4 is 4.90 Å². The molecule has 0 aliphatic carbocycles. The number of nitrogens with one attached hydrogen (secondary N) is 1. The van der Waals surface area contributed by atoms with Crippen molar-refractivity contribution in [3.63, 3.8) is 0 Å². The Morgan fingerprint density at radius 2 is 1.84 bits per heavy atom. The van der Waals surface area contributed by atoms with Crippen molar-refractivity contribution in [1.82, 2.24) is 14.9 Å². The van der Waals surface area contributed by atoms with E-state index in [4.69, 9.17) is 11.6 Å². The molecule has 12 heteroatoms. The van der Waals surface area contributed by atoms with E-state index in [9.17, 15) is 26.3 Å². The van der Waals surface area contributed by atoms with Gasteiger partial charge in [0, 0.05) is 32.2 Å². The zero-order chi connectivity index (χ0) is 22.6. The van der Waals surface area contributed by atoms with Crippen molar-refractivity contribution in [2.24, 2.45) is 4.99 Å². The van der Waals surface area contributed by atoms with Crippen LogP contribution in [-0.2, 0) is 6.18 Å². The smallest absolute Gasteiger partial charge is 0.350 e. The van der Waals surface area contributed by atoms with E-state index < -0.39 is 23.5 Å². The second kappa shape index (κ2) is 7.61. The number of fused-ring (bicyclic) bond motifs is 1. The third kappa shape index (κ3) is 4.19. The van der Waals surface area contributed by atoms with Crippen LogP contribution in [0, 0.1) is 0 Å². The number of amidine groups is 1. The van der Waals surface area contributed by atoms with Gasteiger partial charge in [0.15, 0.2) is 0 Å². The highest BCUT2D eigenvalue weighted by Crippen LogP contribution is 2.36. The Balaban J connectivity index is 1.57. The van der Waals surface area contributed by atoms with Gasteiger partial charge in [-0.05, 0) is 25.5 Å². The number of rotatable bonds is 1. The van der Waals surface area contributed by atoms with Crippen LogP contribution in [0.2, 0.25) is 5.02 Å². The first-order valence-electron chi connectivity index (χ1n) is 9.55. The number of aromatic amines is 1. The molecular weight excluding hydrogens is 448 g/mol. The number of aliphatic imine (C=N–C) groups is 1. The van der Waals surface area contributed by atoms with E-state index in [-0.39, 0.29) is 40.9 Å². The molecule has 1 atom stereocenters. The maximum Gasteiger partial charge on any atom is 0.419 e. The van der Waals surface area contributed by atoms with Crippen LogP contribution in [0.25, 0.3) is 11.0 Å². The van der Waals surface area contributed by atoms with Crippen molar-refractivity contribution in [2.45, 2.75) is 31.7 Å². The number of anilines is 1. The van der Waals surface area contributed by atoms with E-state index in [0.29, 0.717) is 25.6 Å². The van der Waals surface area contributed by atoms with E-state index in [0.717, 1.165) is 12.1 Å². The summed E-state index contributed by atoms with van der Waals surface area (Å²) in [6.45, 7) is 2.96. The molecular formula is C19H18ClF6N5. The molecule has 3 heterocycles. The summed E-state index contributed by atoms with van der Waals surface area (Å²) in [5, 5.41) is -0.129. The lowest BCUT2D eigenvalue weighted by Crippen LogP contribution is -2.55. The molecule has 2 aliphatic heterocycles. The Morgan fingerprint density at radius 3 is 2.48 bits per heavy atom. The standard InChI is InChI=1S/C19H18ClF6N5/c1-10-9-30(5-6-31(10)16-12(19(24,25)26)3-2-4-27-16)17-28-14-8-11(18(21,22)23)7-13(20)15(14)29-17/h3,7-8,10H,2,4-6,9H2,1H3,(H,28,29)/t10-/m1/s1. The van der Waals surface area contributed by atoms with Crippen LogP contribution >= 0.6 is 11.6 Å². The number of imidazole rings is 1. The largest absolute Gasteiger partial charge is 0.419 e. The molecule has 0 bridgehead atoms. The van der Waals surface area contributed by atoms with Crippen LogP contribution in [0.1, 0.15) is 18.9 Å². The number of alkyl halides is 6. The van der Waals surface area contributed by atoms with Gasteiger partial charge < -0.3 is 14.8 Å². The molecule has 2 aliphatic rings. The lowest BCUT2D eigenvalue weighted by Gasteiger charge is -2.42. The first kappa shape index (κ1) is 21.8. The minimum Gasteiger partial charge on any atom is -0.350 e. The highest BCUT2D eigenvalue weighted by Gasteiger charge is 2.41. The Hall–Kier alpha value is -2.43. The molecule has 168 valence electrons. The topological polar surface area (TPSA) is 47.5 Å². The number of piperazine rings is 1. The molecule has 5 nitrogen and oxygen atoms in total. The Labute approximate surface area is 178 Å². The zero-order valence-electron chi connectivity index (χ0n) is 16.3. The van der Waals surface area contributed by atoms with Crippen molar-refractivity contribution in [2.75, 3.05) is 31.1 Å². The average molecular weight is 466 g/mol. The first-order valence-corrected chi connectivity index (χ1v) is 9.93. The van der Waals surface area contributed by atoms with Crippen molar-refractivity contribution >= 4 is 34.4 Å². The molecule has 1 N–H and O–H groups in total. The van der Waals surface area contributed by atoms with Crippen molar-refractivity contribution in [3.8, 4) is 0 Å². The van der Waals surface area contributed by atoms with Crippen molar-refractivity contribution < 1.29 is 26.3 Å². The number of dihydropyridines is 1. The molecule has 0 radical (unpaired) electrons. The minimum atomic E-state index is -4.55. The van der Waals surface area contributed by atoms with Crippen molar-refractivity contribution in [1.29, 1.82) is 0 Å². The number of aromatic nitrogens is 2. The van der Waals surface area contributed by atoms with E-state index in [1.54, 1.807) is 16.7 Å². The van der Waals surface area contributed by atoms with Gasteiger partial charge in [-0.3, -0.25) is 4.99 Å². The molecule has 31 heavy (non-hydrogen) atoms. The lowest BCUT2D eigenvalue weighted by molar-refractivity contribution is -0.137. The molecule has 1 fully saturated rings. The third-order valence-corrected chi connectivity index (χ3v) is 5.63.